The third kappa shape index (κ3) is 4.81. The first-order chi connectivity index (χ1) is 16.5. The average molecular weight is 463 g/mol. The number of nitro groups is 1. The number of nitro benzene ring substituents is 1. The molecule has 0 spiro atoms. The number of nitrogens with zero attached hydrogens (tertiary/aromatic N) is 3. The highest BCUT2D eigenvalue weighted by Gasteiger charge is 2.35. The van der Waals surface area contributed by atoms with E-state index in [1.165, 1.54) is 31.4 Å². The zero-order valence-corrected chi connectivity index (χ0v) is 19.6. The van der Waals surface area contributed by atoms with Gasteiger partial charge in [0.05, 0.1) is 34.2 Å². The van der Waals surface area contributed by atoms with Gasteiger partial charge in [-0.1, -0.05) is 51.2 Å². The molecule has 2 heterocycles. The zero-order valence-electron chi connectivity index (χ0n) is 19.6. The highest BCUT2D eigenvalue weighted by atomic mass is 16.6. The van der Waals surface area contributed by atoms with Crippen molar-refractivity contribution in [1.29, 1.82) is 0 Å². The van der Waals surface area contributed by atoms with Crippen molar-refractivity contribution in [3.05, 3.63) is 75.5 Å². The summed E-state index contributed by atoms with van der Waals surface area (Å²) >= 11 is 0. The number of esters is 1. The molecule has 8 heteroatoms. The van der Waals surface area contributed by atoms with E-state index in [0.29, 0.717) is 23.8 Å². The molecule has 1 aliphatic heterocycles. The molecule has 0 bridgehead atoms. The molecule has 1 N–H and O–H groups in total. The molecule has 8 nitrogen and oxygen atoms in total. The second-order valence-corrected chi connectivity index (χ2v) is 8.61. The van der Waals surface area contributed by atoms with Crippen LogP contribution in [-0.4, -0.2) is 27.1 Å². The van der Waals surface area contributed by atoms with Crippen LogP contribution in [0.25, 0.3) is 11.0 Å². The van der Waals surface area contributed by atoms with Crippen LogP contribution in [0, 0.1) is 10.1 Å². The van der Waals surface area contributed by atoms with Crippen molar-refractivity contribution in [2.24, 2.45) is 0 Å². The van der Waals surface area contributed by atoms with Crippen LogP contribution in [0.5, 0.6) is 0 Å². The Morgan fingerprint density at radius 1 is 1.09 bits per heavy atom. The minimum absolute atomic E-state index is 0.00120. The Morgan fingerprint density at radius 3 is 2.53 bits per heavy atom. The molecular formula is C26H30N4O4. The fourth-order valence-corrected chi connectivity index (χ4v) is 4.45. The molecule has 1 aliphatic rings. The number of fused-ring (bicyclic) bond motifs is 3. The molecular weight excluding hydrogens is 432 g/mol. The van der Waals surface area contributed by atoms with Gasteiger partial charge in [0.15, 0.2) is 0 Å². The van der Waals surface area contributed by atoms with Crippen molar-refractivity contribution in [2.45, 2.75) is 58.4 Å². The van der Waals surface area contributed by atoms with Crippen molar-refractivity contribution < 1.29 is 14.5 Å². The third-order valence-corrected chi connectivity index (χ3v) is 6.20. The van der Waals surface area contributed by atoms with Crippen molar-refractivity contribution in [2.75, 3.05) is 11.9 Å². The van der Waals surface area contributed by atoms with E-state index in [9.17, 15) is 14.9 Å². The summed E-state index contributed by atoms with van der Waals surface area (Å²) in [5.41, 5.74) is 3.56. The number of imidazole rings is 1. The van der Waals surface area contributed by atoms with Gasteiger partial charge in [-0.05, 0) is 43.2 Å². The molecule has 178 valence electrons. The number of unbranched alkanes of at least 4 members (excludes halogenated alkanes) is 5. The monoisotopic (exact) mass is 462 g/mol. The Hall–Kier alpha value is -3.68. The number of hydrogen-bond donors (Lipinski definition) is 1. The topological polar surface area (TPSA) is 99.3 Å². The molecule has 0 fully saturated rings. The molecule has 0 saturated carbocycles. The maximum Gasteiger partial charge on any atom is 0.338 e. The van der Waals surface area contributed by atoms with Crippen molar-refractivity contribution in [3.63, 3.8) is 0 Å². The van der Waals surface area contributed by atoms with Crippen LogP contribution >= 0.6 is 0 Å². The summed E-state index contributed by atoms with van der Waals surface area (Å²) in [4.78, 5) is 28.7. The number of allylic oxidation sites excluding steroid dienone is 1. The Balaban J connectivity index is 1.64. The van der Waals surface area contributed by atoms with E-state index in [0.717, 1.165) is 35.9 Å². The van der Waals surface area contributed by atoms with E-state index in [2.05, 4.69) is 17.2 Å². The first-order valence-corrected chi connectivity index (χ1v) is 11.9. The third-order valence-electron chi connectivity index (χ3n) is 6.20. The maximum atomic E-state index is 13.3. The van der Waals surface area contributed by atoms with Crippen LogP contribution in [0.2, 0.25) is 0 Å². The van der Waals surface area contributed by atoms with Crippen LogP contribution in [0.3, 0.4) is 0 Å². The lowest BCUT2D eigenvalue weighted by Gasteiger charge is -2.30. The lowest BCUT2D eigenvalue weighted by molar-refractivity contribution is -0.384. The van der Waals surface area contributed by atoms with E-state index in [1.54, 1.807) is 12.1 Å². The number of benzene rings is 2. The fourth-order valence-electron chi connectivity index (χ4n) is 4.45. The predicted octanol–water partition coefficient (Wildman–Crippen LogP) is 6.14. The number of para-hydroxylation sites is 2. The smallest absolute Gasteiger partial charge is 0.338 e. The summed E-state index contributed by atoms with van der Waals surface area (Å²) in [7, 11) is 0. The fraction of sp³-hybridized carbons (Fsp3) is 0.385. The highest BCUT2D eigenvalue weighted by Crippen LogP contribution is 2.39. The van der Waals surface area contributed by atoms with E-state index in [4.69, 9.17) is 4.74 Å². The summed E-state index contributed by atoms with van der Waals surface area (Å²) in [6, 6.07) is 13.5. The summed E-state index contributed by atoms with van der Waals surface area (Å²) in [5.74, 6) is 0.236. The number of non-ortho nitro benzene ring substituents is 1. The van der Waals surface area contributed by atoms with Crippen molar-refractivity contribution in [3.8, 4) is 0 Å². The van der Waals surface area contributed by atoms with E-state index in [-0.39, 0.29) is 11.7 Å². The van der Waals surface area contributed by atoms with E-state index in [1.807, 2.05) is 35.8 Å². The van der Waals surface area contributed by atoms with Gasteiger partial charge in [-0.25, -0.2) is 9.78 Å². The number of nitrogens with one attached hydrogen (secondary N) is 1. The average Bonchev–Trinajstić information content (AvgIpc) is 3.20. The van der Waals surface area contributed by atoms with E-state index >= 15 is 0 Å². The predicted molar refractivity (Wildman–Crippen MR) is 132 cm³/mol. The first-order valence-electron chi connectivity index (χ1n) is 11.9. The van der Waals surface area contributed by atoms with Gasteiger partial charge in [0.25, 0.3) is 5.69 Å². The number of carbonyl (C=O) groups excluding carboxylic acids is 1. The number of anilines is 1. The van der Waals surface area contributed by atoms with Gasteiger partial charge in [-0.2, -0.15) is 0 Å². The number of rotatable bonds is 10. The number of aromatic nitrogens is 2. The number of carbonyl (C=O) groups is 1. The second kappa shape index (κ2) is 10.5. The van der Waals surface area contributed by atoms with Crippen LogP contribution < -0.4 is 5.32 Å². The molecule has 0 amide bonds. The Kier molecular flexibility index (Phi) is 7.25. The maximum absolute atomic E-state index is 13.3. The minimum atomic E-state index is -0.512. The largest absolute Gasteiger partial charge is 0.462 e. The summed E-state index contributed by atoms with van der Waals surface area (Å²) in [6.07, 6.45) is 6.64. The van der Waals surface area contributed by atoms with Crippen LogP contribution in [0.15, 0.2) is 59.8 Å². The molecule has 2 aromatic carbocycles. The molecule has 1 atom stereocenters. The lowest BCUT2D eigenvalue weighted by atomic mass is 9.95. The summed E-state index contributed by atoms with van der Waals surface area (Å²) < 4.78 is 7.66. The van der Waals surface area contributed by atoms with Crippen LogP contribution in [0.4, 0.5) is 11.6 Å². The Bertz CT molecular complexity index is 1210. The standard InChI is InChI=1S/C26H30N4O4/c1-3-4-5-6-7-10-17-34-25(31)23-18(2)27-26-28-21-11-8-9-12-22(21)29(26)24(23)19-13-15-20(16-14-19)30(32)33/h8-9,11-16,24H,3-7,10,17H2,1-2H3,(H,27,28)/t24-/m0/s1. The molecule has 0 aliphatic carbocycles. The molecule has 4 rings (SSSR count). The van der Waals surface area contributed by atoms with Gasteiger partial charge >= 0.3 is 5.97 Å². The summed E-state index contributed by atoms with van der Waals surface area (Å²) in [6.45, 7) is 4.39. The molecule has 0 radical (unpaired) electrons. The van der Waals surface area contributed by atoms with Gasteiger partial charge < -0.3 is 10.1 Å². The summed E-state index contributed by atoms with van der Waals surface area (Å²) in [5, 5.41) is 14.4. The lowest BCUT2D eigenvalue weighted by Crippen LogP contribution is -2.29. The number of hydrogen-bond acceptors (Lipinski definition) is 6. The van der Waals surface area contributed by atoms with Gasteiger partial charge in [0, 0.05) is 17.8 Å². The van der Waals surface area contributed by atoms with E-state index < -0.39 is 11.0 Å². The van der Waals surface area contributed by atoms with Crippen molar-refractivity contribution in [1.82, 2.24) is 9.55 Å². The SMILES string of the molecule is CCCCCCCCOC(=O)C1=C(C)Nc2nc3ccccc3n2[C@H]1c1ccc([N+](=O)[O-])cc1. The van der Waals surface area contributed by atoms with Gasteiger partial charge in [-0.3, -0.25) is 14.7 Å². The quantitative estimate of drug-likeness (QED) is 0.168. The van der Waals surface area contributed by atoms with Gasteiger partial charge in [-0.15, -0.1) is 0 Å². The highest BCUT2D eigenvalue weighted by molar-refractivity contribution is 5.94. The zero-order chi connectivity index (χ0) is 24.1. The van der Waals surface area contributed by atoms with Gasteiger partial charge in [0.1, 0.15) is 0 Å². The van der Waals surface area contributed by atoms with Crippen molar-refractivity contribution >= 4 is 28.6 Å². The molecule has 0 unspecified atom stereocenters. The molecule has 3 aromatic rings. The molecule has 34 heavy (non-hydrogen) atoms. The second-order valence-electron chi connectivity index (χ2n) is 8.61. The first kappa shape index (κ1) is 23.5. The van der Waals surface area contributed by atoms with Crippen LogP contribution in [-0.2, 0) is 9.53 Å². The van der Waals surface area contributed by atoms with Gasteiger partial charge in [0.2, 0.25) is 5.95 Å². The number of ether oxygens (including phenoxy) is 1. The Labute approximate surface area is 198 Å². The Morgan fingerprint density at radius 2 is 1.79 bits per heavy atom. The minimum Gasteiger partial charge on any atom is -0.462 e. The van der Waals surface area contributed by atoms with Crippen LogP contribution in [0.1, 0.15) is 64.0 Å². The molecule has 0 saturated heterocycles. The normalized spacial score (nSPS) is 15.2. The molecule has 1 aromatic heterocycles.